The Hall–Kier alpha value is -3.50. The first-order valence-corrected chi connectivity index (χ1v) is 10.4. The first-order chi connectivity index (χ1) is 15.7. The van der Waals surface area contributed by atoms with E-state index in [2.05, 4.69) is 0 Å². The second kappa shape index (κ2) is 9.16. The molecule has 0 aliphatic carbocycles. The Labute approximate surface area is 187 Å². The average molecular weight is 466 g/mol. The molecule has 2 aromatic carbocycles. The van der Waals surface area contributed by atoms with Gasteiger partial charge in [-0.05, 0) is 36.6 Å². The van der Waals surface area contributed by atoms with Crippen LogP contribution in [-0.2, 0) is 11.0 Å². The summed E-state index contributed by atoms with van der Waals surface area (Å²) in [5, 5.41) is 10.8. The minimum atomic E-state index is -4.87. The molecule has 1 fully saturated rings. The fourth-order valence-corrected chi connectivity index (χ4v) is 4.00. The fraction of sp³-hybridized carbons (Fsp3) is 0.409. The Kier molecular flexibility index (Phi) is 6.30. The van der Waals surface area contributed by atoms with Crippen LogP contribution in [0.4, 0.5) is 18.9 Å². The van der Waals surface area contributed by atoms with Crippen LogP contribution in [0.2, 0.25) is 0 Å². The number of non-ortho nitro benzene ring substituents is 1. The minimum absolute atomic E-state index is 0.266. The van der Waals surface area contributed by atoms with Crippen molar-refractivity contribution in [2.45, 2.75) is 31.5 Å². The Bertz CT molecular complexity index is 1060. The maximum Gasteiger partial charge on any atom is 0.420 e. The largest absolute Gasteiger partial charge is 0.490 e. The zero-order chi connectivity index (χ0) is 23.6. The summed E-state index contributed by atoms with van der Waals surface area (Å²) in [5.74, 6) is 0.124. The lowest BCUT2D eigenvalue weighted by molar-refractivity contribution is -0.385. The monoisotopic (exact) mass is 466 g/mol. The van der Waals surface area contributed by atoms with E-state index < -0.39 is 40.6 Å². The smallest absolute Gasteiger partial charge is 0.420 e. The van der Waals surface area contributed by atoms with Gasteiger partial charge in [-0.15, -0.1) is 0 Å². The maximum absolute atomic E-state index is 13.3. The standard InChI is InChI=1S/C22H21F3N2O6/c23-22(24,25)16-12-15(27(29)30)5-7-18(16)33-13-21(28)26-8-1-3-17(26)14-4-6-19-20(11-14)32-10-2-9-31-19/h4-7,11-12,17H,1-3,8-10,13H2. The molecule has 0 saturated carbocycles. The van der Waals surface area contributed by atoms with Crippen LogP contribution in [0.1, 0.15) is 36.4 Å². The molecular formula is C22H21F3N2O6. The Morgan fingerprint density at radius 2 is 1.88 bits per heavy atom. The lowest BCUT2D eigenvalue weighted by Crippen LogP contribution is -2.34. The number of ether oxygens (including phenoxy) is 3. The van der Waals surface area contributed by atoms with Crippen LogP contribution in [0.3, 0.4) is 0 Å². The van der Waals surface area contributed by atoms with Gasteiger partial charge in [0.25, 0.3) is 11.6 Å². The van der Waals surface area contributed by atoms with E-state index in [0.717, 1.165) is 30.5 Å². The number of hydrogen-bond donors (Lipinski definition) is 0. The first kappa shape index (κ1) is 22.7. The number of rotatable bonds is 5. The van der Waals surface area contributed by atoms with Gasteiger partial charge in [0.2, 0.25) is 0 Å². The number of amides is 1. The highest BCUT2D eigenvalue weighted by atomic mass is 19.4. The molecule has 4 rings (SSSR count). The minimum Gasteiger partial charge on any atom is -0.490 e. The summed E-state index contributed by atoms with van der Waals surface area (Å²) in [6.07, 6.45) is -2.69. The van der Waals surface area contributed by atoms with Crippen LogP contribution in [0.15, 0.2) is 36.4 Å². The van der Waals surface area contributed by atoms with Gasteiger partial charge >= 0.3 is 6.18 Å². The van der Waals surface area contributed by atoms with E-state index in [1.807, 2.05) is 12.1 Å². The zero-order valence-electron chi connectivity index (χ0n) is 17.5. The van der Waals surface area contributed by atoms with Crippen LogP contribution in [0.25, 0.3) is 0 Å². The van der Waals surface area contributed by atoms with Gasteiger partial charge in [0, 0.05) is 25.1 Å². The lowest BCUT2D eigenvalue weighted by atomic mass is 10.0. The summed E-state index contributed by atoms with van der Waals surface area (Å²) in [6, 6.07) is 7.37. The number of nitro benzene ring substituents is 1. The van der Waals surface area contributed by atoms with Gasteiger partial charge in [-0.1, -0.05) is 6.07 Å². The van der Waals surface area contributed by atoms with Crippen LogP contribution in [0, 0.1) is 10.1 Å². The molecule has 1 atom stereocenters. The third kappa shape index (κ3) is 4.96. The molecule has 2 aromatic rings. The number of hydrogen-bond acceptors (Lipinski definition) is 6. The zero-order valence-corrected chi connectivity index (χ0v) is 17.5. The van der Waals surface area contributed by atoms with Crippen molar-refractivity contribution < 1.29 is 37.1 Å². The molecule has 0 bridgehead atoms. The third-order valence-electron chi connectivity index (χ3n) is 5.56. The highest BCUT2D eigenvalue weighted by Crippen LogP contribution is 2.40. The molecule has 8 nitrogen and oxygen atoms in total. The van der Waals surface area contributed by atoms with Crippen molar-refractivity contribution in [2.24, 2.45) is 0 Å². The summed E-state index contributed by atoms with van der Waals surface area (Å²) in [5.41, 5.74) is -1.17. The van der Waals surface area contributed by atoms with Crippen molar-refractivity contribution in [1.29, 1.82) is 0 Å². The number of alkyl halides is 3. The molecule has 11 heteroatoms. The van der Waals surface area contributed by atoms with Gasteiger partial charge in [-0.25, -0.2) is 0 Å². The number of fused-ring (bicyclic) bond motifs is 1. The number of halogens is 3. The molecule has 0 N–H and O–H groups in total. The summed E-state index contributed by atoms with van der Waals surface area (Å²) in [6.45, 7) is 0.893. The fourth-order valence-electron chi connectivity index (χ4n) is 4.00. The van der Waals surface area contributed by atoms with Crippen molar-refractivity contribution in [3.05, 3.63) is 57.6 Å². The van der Waals surface area contributed by atoms with Crippen LogP contribution in [0.5, 0.6) is 17.2 Å². The number of nitro groups is 1. The average Bonchev–Trinajstić information content (AvgIpc) is 3.15. The van der Waals surface area contributed by atoms with Crippen LogP contribution in [-0.4, -0.2) is 42.1 Å². The molecule has 1 unspecified atom stereocenters. The number of carbonyl (C=O) groups is 1. The second-order valence-corrected chi connectivity index (χ2v) is 7.73. The van der Waals surface area contributed by atoms with Gasteiger partial charge in [-0.3, -0.25) is 14.9 Å². The van der Waals surface area contributed by atoms with Crippen molar-refractivity contribution in [3.63, 3.8) is 0 Å². The van der Waals surface area contributed by atoms with Crippen molar-refractivity contribution in [1.82, 2.24) is 4.90 Å². The Morgan fingerprint density at radius 3 is 2.61 bits per heavy atom. The molecule has 1 saturated heterocycles. The van der Waals surface area contributed by atoms with Crippen LogP contribution < -0.4 is 14.2 Å². The molecule has 0 aromatic heterocycles. The van der Waals surface area contributed by atoms with Crippen molar-refractivity contribution >= 4 is 11.6 Å². The van der Waals surface area contributed by atoms with E-state index in [1.165, 1.54) is 0 Å². The molecule has 0 spiro atoms. The normalized spacial score (nSPS) is 18.0. The topological polar surface area (TPSA) is 91.1 Å². The van der Waals surface area contributed by atoms with E-state index in [9.17, 15) is 28.1 Å². The predicted molar refractivity (Wildman–Crippen MR) is 109 cm³/mol. The van der Waals surface area contributed by atoms with Crippen molar-refractivity contribution in [2.75, 3.05) is 26.4 Å². The maximum atomic E-state index is 13.3. The predicted octanol–water partition coefficient (Wildman–Crippen LogP) is 4.52. The van der Waals surface area contributed by atoms with Crippen molar-refractivity contribution in [3.8, 4) is 17.2 Å². The summed E-state index contributed by atoms with van der Waals surface area (Å²) in [7, 11) is 0. The van der Waals surface area contributed by atoms with Gasteiger partial charge < -0.3 is 19.1 Å². The Balaban J connectivity index is 1.49. The van der Waals surface area contributed by atoms with E-state index in [0.29, 0.717) is 43.7 Å². The summed E-state index contributed by atoms with van der Waals surface area (Å²) in [4.78, 5) is 24.3. The second-order valence-electron chi connectivity index (χ2n) is 7.73. The number of carbonyl (C=O) groups excluding carboxylic acids is 1. The molecule has 2 aliphatic rings. The van der Waals surface area contributed by atoms with E-state index in [-0.39, 0.29) is 6.04 Å². The van der Waals surface area contributed by atoms with Gasteiger partial charge in [0.1, 0.15) is 11.3 Å². The number of benzene rings is 2. The molecule has 2 heterocycles. The van der Waals surface area contributed by atoms with Gasteiger partial charge in [-0.2, -0.15) is 13.2 Å². The third-order valence-corrected chi connectivity index (χ3v) is 5.56. The molecule has 33 heavy (non-hydrogen) atoms. The highest BCUT2D eigenvalue weighted by Gasteiger charge is 2.37. The number of likely N-dealkylation sites (tertiary alicyclic amines) is 1. The lowest BCUT2D eigenvalue weighted by Gasteiger charge is -2.26. The first-order valence-electron chi connectivity index (χ1n) is 10.4. The van der Waals surface area contributed by atoms with E-state index in [4.69, 9.17) is 14.2 Å². The molecular weight excluding hydrogens is 445 g/mol. The highest BCUT2D eigenvalue weighted by molar-refractivity contribution is 5.78. The SMILES string of the molecule is O=C(COc1ccc([N+](=O)[O-])cc1C(F)(F)F)N1CCCC1c1ccc2c(c1)OCCCO2. The summed E-state index contributed by atoms with van der Waals surface area (Å²) >= 11 is 0. The number of nitrogens with zero attached hydrogens (tertiary/aromatic N) is 2. The van der Waals surface area contributed by atoms with Gasteiger partial charge in [0.05, 0.1) is 24.2 Å². The molecule has 1 amide bonds. The van der Waals surface area contributed by atoms with Gasteiger partial charge in [0.15, 0.2) is 18.1 Å². The Morgan fingerprint density at radius 1 is 1.12 bits per heavy atom. The quantitative estimate of drug-likeness (QED) is 0.476. The molecule has 0 radical (unpaired) electrons. The van der Waals surface area contributed by atoms with E-state index >= 15 is 0 Å². The molecule has 176 valence electrons. The molecule has 2 aliphatic heterocycles. The summed E-state index contributed by atoms with van der Waals surface area (Å²) < 4.78 is 56.6. The van der Waals surface area contributed by atoms with Crippen LogP contribution >= 0.6 is 0 Å². The van der Waals surface area contributed by atoms with E-state index in [1.54, 1.807) is 11.0 Å².